The highest BCUT2D eigenvalue weighted by atomic mass is 32.2. The average Bonchev–Trinajstić information content (AvgIpc) is 3.08. The maximum Gasteiger partial charge on any atom is 0.409 e. The quantitative estimate of drug-likeness (QED) is 0.584. The Labute approximate surface area is 162 Å². The van der Waals surface area contributed by atoms with Gasteiger partial charge in [-0.3, -0.25) is 0 Å². The Morgan fingerprint density at radius 2 is 1.90 bits per heavy atom. The zero-order chi connectivity index (χ0) is 21.4. The lowest BCUT2D eigenvalue weighted by Gasteiger charge is -2.31. The van der Waals surface area contributed by atoms with Crippen molar-refractivity contribution in [3.63, 3.8) is 0 Å². The van der Waals surface area contributed by atoms with E-state index in [0.717, 1.165) is 47.4 Å². The summed E-state index contributed by atoms with van der Waals surface area (Å²) in [5, 5.41) is 12.8. The number of aromatic nitrogens is 3. The lowest BCUT2D eigenvalue weighted by Crippen LogP contribution is -2.42. The maximum atomic E-state index is 13.8. The van der Waals surface area contributed by atoms with Crippen LogP contribution in [0.4, 0.5) is 17.6 Å². The Hall–Kier alpha value is -3.04. The van der Waals surface area contributed by atoms with Gasteiger partial charge in [-0.25, -0.2) is 22.3 Å². The predicted molar refractivity (Wildman–Crippen MR) is 92.5 cm³/mol. The number of nitriles is 1. The summed E-state index contributed by atoms with van der Waals surface area (Å²) in [4.78, 5) is 3.31. The Balaban J connectivity index is 2.12. The molecular weight excluding hydrogens is 414 g/mol. The van der Waals surface area contributed by atoms with Crippen molar-refractivity contribution in [1.29, 1.82) is 5.26 Å². The van der Waals surface area contributed by atoms with E-state index in [1.54, 1.807) is 0 Å². The predicted octanol–water partition coefficient (Wildman–Crippen LogP) is 3.05. The topological polar surface area (TPSA) is 91.4 Å². The third kappa shape index (κ3) is 3.79. The third-order valence-electron chi connectivity index (χ3n) is 4.16. The van der Waals surface area contributed by atoms with E-state index in [1.807, 2.05) is 6.07 Å². The molecule has 0 fully saturated rings. The van der Waals surface area contributed by atoms with Gasteiger partial charge in [-0.05, 0) is 17.7 Å². The minimum Gasteiger partial charge on any atom is -0.234 e. The number of halogens is 4. The van der Waals surface area contributed by atoms with Crippen molar-refractivity contribution in [2.75, 3.05) is 6.54 Å². The van der Waals surface area contributed by atoms with E-state index in [1.165, 1.54) is 6.92 Å². The maximum absolute atomic E-state index is 13.8. The van der Waals surface area contributed by atoms with Crippen molar-refractivity contribution in [1.82, 2.24) is 18.9 Å². The first-order chi connectivity index (χ1) is 13.6. The summed E-state index contributed by atoms with van der Waals surface area (Å²) in [5.41, 5.74) is -0.273. The highest BCUT2D eigenvalue weighted by Crippen LogP contribution is 2.40. The summed E-state index contributed by atoms with van der Waals surface area (Å²) >= 11 is 0. The van der Waals surface area contributed by atoms with Gasteiger partial charge in [0, 0.05) is 6.54 Å². The Bertz CT molecular complexity index is 1180. The second-order valence-electron chi connectivity index (χ2n) is 5.93. The molecule has 0 unspecified atom stereocenters. The van der Waals surface area contributed by atoms with Crippen molar-refractivity contribution in [2.24, 2.45) is 0 Å². The number of hydrogen-bond acceptors (Lipinski definition) is 5. The van der Waals surface area contributed by atoms with E-state index >= 15 is 0 Å². The molecule has 152 valence electrons. The summed E-state index contributed by atoms with van der Waals surface area (Å²) in [6.07, 6.45) is -1.95. The molecule has 0 bridgehead atoms. The number of rotatable bonds is 5. The monoisotopic (exact) mass is 427 g/mol. The van der Waals surface area contributed by atoms with Crippen LogP contribution in [0, 0.1) is 17.1 Å². The Kier molecular flexibility index (Phi) is 5.29. The number of hydrogen-bond donors (Lipinski definition) is 0. The lowest BCUT2D eigenvalue weighted by molar-refractivity contribution is -0.173. The Morgan fingerprint density at radius 1 is 1.24 bits per heavy atom. The highest BCUT2D eigenvalue weighted by Gasteiger charge is 2.48. The SMILES string of the molecule is CCN([C@H](c1ccc(F)cc1)C(F)(F)F)S(=O)(=O)c1cnc2c(C#N)cnn2c1. The molecule has 0 aliphatic heterocycles. The van der Waals surface area contributed by atoms with Gasteiger partial charge in [0.2, 0.25) is 10.0 Å². The first kappa shape index (κ1) is 20.7. The molecule has 3 rings (SSSR count). The van der Waals surface area contributed by atoms with E-state index in [-0.39, 0.29) is 15.5 Å². The van der Waals surface area contributed by atoms with Crippen molar-refractivity contribution in [3.05, 3.63) is 59.8 Å². The number of nitrogens with zero attached hydrogens (tertiary/aromatic N) is 5. The molecule has 0 spiro atoms. The second-order valence-corrected chi connectivity index (χ2v) is 7.82. The van der Waals surface area contributed by atoms with E-state index < -0.39 is 45.1 Å². The van der Waals surface area contributed by atoms with Crippen LogP contribution in [-0.4, -0.2) is 40.0 Å². The van der Waals surface area contributed by atoms with Crippen LogP contribution < -0.4 is 0 Å². The molecule has 1 aromatic carbocycles. The number of fused-ring (bicyclic) bond motifs is 1. The Morgan fingerprint density at radius 3 is 2.45 bits per heavy atom. The average molecular weight is 427 g/mol. The molecule has 0 N–H and O–H groups in total. The van der Waals surface area contributed by atoms with Gasteiger partial charge in [-0.1, -0.05) is 19.1 Å². The smallest absolute Gasteiger partial charge is 0.234 e. The van der Waals surface area contributed by atoms with Crippen LogP contribution in [0.15, 0.2) is 47.8 Å². The van der Waals surface area contributed by atoms with Gasteiger partial charge < -0.3 is 0 Å². The summed E-state index contributed by atoms with van der Waals surface area (Å²) < 4.78 is 81.9. The van der Waals surface area contributed by atoms with Gasteiger partial charge in [0.15, 0.2) is 5.65 Å². The molecule has 7 nitrogen and oxygen atoms in total. The number of sulfonamides is 1. The van der Waals surface area contributed by atoms with Gasteiger partial charge in [-0.15, -0.1) is 0 Å². The summed E-state index contributed by atoms with van der Waals surface area (Å²) in [6.45, 7) is 0.748. The molecule has 0 aliphatic carbocycles. The van der Waals surface area contributed by atoms with Crippen molar-refractivity contribution >= 4 is 15.7 Å². The van der Waals surface area contributed by atoms with Gasteiger partial charge in [0.1, 0.15) is 28.4 Å². The molecular formula is C17H13F4N5O2S. The zero-order valence-electron chi connectivity index (χ0n) is 14.8. The first-order valence-corrected chi connectivity index (χ1v) is 9.61. The van der Waals surface area contributed by atoms with Crippen molar-refractivity contribution in [2.45, 2.75) is 24.0 Å². The van der Waals surface area contributed by atoms with Crippen LogP contribution in [0.3, 0.4) is 0 Å². The third-order valence-corrected chi connectivity index (χ3v) is 6.05. The largest absolute Gasteiger partial charge is 0.409 e. The van der Waals surface area contributed by atoms with E-state index in [9.17, 15) is 26.0 Å². The summed E-state index contributed by atoms with van der Waals surface area (Å²) in [5.74, 6) is -0.748. The minimum absolute atomic E-state index is 0.0698. The molecule has 12 heteroatoms. The van der Waals surface area contributed by atoms with Gasteiger partial charge in [-0.2, -0.15) is 27.8 Å². The molecule has 2 aromatic heterocycles. The van der Waals surface area contributed by atoms with Crippen LogP contribution in [0.2, 0.25) is 0 Å². The van der Waals surface area contributed by atoms with Crippen LogP contribution in [0.25, 0.3) is 5.65 Å². The van der Waals surface area contributed by atoms with Gasteiger partial charge in [0.25, 0.3) is 0 Å². The molecule has 3 aromatic rings. The van der Waals surface area contributed by atoms with E-state index in [4.69, 9.17) is 5.26 Å². The van der Waals surface area contributed by atoms with Crippen LogP contribution >= 0.6 is 0 Å². The fourth-order valence-corrected chi connectivity index (χ4v) is 4.41. The van der Waals surface area contributed by atoms with E-state index in [2.05, 4.69) is 10.1 Å². The standard InChI is InChI=1S/C17H13F4N5O2S/c1-2-26(15(17(19,20)21)11-3-5-13(18)6-4-11)29(27,28)14-9-23-16-12(7-22)8-24-25(16)10-14/h3-6,8-10,15H,2H2,1H3/t15-/m1/s1. The highest BCUT2D eigenvalue weighted by molar-refractivity contribution is 7.89. The van der Waals surface area contributed by atoms with Crippen molar-refractivity contribution < 1.29 is 26.0 Å². The normalized spacial score (nSPS) is 13.6. The van der Waals surface area contributed by atoms with E-state index in [0.29, 0.717) is 0 Å². The molecule has 0 amide bonds. The minimum atomic E-state index is -4.96. The molecule has 0 aliphatic rings. The second kappa shape index (κ2) is 7.41. The molecule has 0 saturated carbocycles. The van der Waals surface area contributed by atoms with Gasteiger partial charge >= 0.3 is 6.18 Å². The molecule has 29 heavy (non-hydrogen) atoms. The summed E-state index contributed by atoms with van der Waals surface area (Å²) in [7, 11) is -4.67. The molecule has 0 saturated heterocycles. The first-order valence-electron chi connectivity index (χ1n) is 8.17. The van der Waals surface area contributed by atoms with Gasteiger partial charge in [0.05, 0.1) is 18.6 Å². The summed E-state index contributed by atoms with van der Waals surface area (Å²) in [6, 6.07) is 2.73. The van der Waals surface area contributed by atoms with Crippen LogP contribution in [0.1, 0.15) is 24.1 Å². The van der Waals surface area contributed by atoms with Crippen LogP contribution in [-0.2, 0) is 10.0 Å². The fraction of sp³-hybridized carbons (Fsp3) is 0.235. The number of alkyl halides is 3. The number of benzene rings is 1. The van der Waals surface area contributed by atoms with Crippen molar-refractivity contribution in [3.8, 4) is 6.07 Å². The molecule has 1 atom stereocenters. The molecule has 0 radical (unpaired) electrons. The zero-order valence-corrected chi connectivity index (χ0v) is 15.6. The van der Waals surface area contributed by atoms with Crippen LogP contribution in [0.5, 0.6) is 0 Å². The lowest BCUT2D eigenvalue weighted by atomic mass is 10.1. The molecule has 2 heterocycles. The fourth-order valence-electron chi connectivity index (χ4n) is 2.86.